The summed E-state index contributed by atoms with van der Waals surface area (Å²) in [5.74, 6) is -0.497. The first-order chi connectivity index (χ1) is 13.4. The topological polar surface area (TPSA) is 73.9 Å². The van der Waals surface area contributed by atoms with E-state index in [1.54, 1.807) is 21.0 Å². The lowest BCUT2D eigenvalue weighted by Crippen LogP contribution is -2.37. The van der Waals surface area contributed by atoms with Crippen molar-refractivity contribution in [3.63, 3.8) is 0 Å². The van der Waals surface area contributed by atoms with Gasteiger partial charge in [-0.1, -0.05) is 31.2 Å². The van der Waals surface area contributed by atoms with Crippen LogP contribution in [-0.2, 0) is 18.4 Å². The average molecular weight is 407 g/mol. The van der Waals surface area contributed by atoms with E-state index in [4.69, 9.17) is 13.8 Å². The average Bonchev–Trinajstić information content (AvgIpc) is 2.70. The summed E-state index contributed by atoms with van der Waals surface area (Å²) in [6.07, 6.45) is 0.452. The van der Waals surface area contributed by atoms with Crippen LogP contribution in [0.15, 0.2) is 36.4 Å². The molecule has 2 aromatic rings. The summed E-state index contributed by atoms with van der Waals surface area (Å²) in [7, 11) is -1.77. The van der Waals surface area contributed by atoms with Crippen molar-refractivity contribution in [2.24, 2.45) is 0 Å². The Labute approximate surface area is 167 Å². The van der Waals surface area contributed by atoms with E-state index in [1.807, 2.05) is 50.2 Å². The van der Waals surface area contributed by atoms with Crippen LogP contribution in [0, 0.1) is 0 Å². The number of benzene rings is 2. The van der Waals surface area contributed by atoms with Crippen LogP contribution < -0.4 is 10.1 Å². The normalized spacial score (nSPS) is 13.9. The van der Waals surface area contributed by atoms with Gasteiger partial charge in [0.25, 0.3) is 0 Å². The molecule has 0 bridgehead atoms. The highest BCUT2D eigenvalue weighted by Gasteiger charge is 2.36. The van der Waals surface area contributed by atoms with Crippen molar-refractivity contribution in [3.05, 3.63) is 42.0 Å². The maximum absolute atomic E-state index is 13.0. The number of carbonyl (C=O) groups excluding carboxylic acids is 1. The number of ether oxygens (including phenoxy) is 1. The molecule has 154 valence electrons. The lowest BCUT2D eigenvalue weighted by molar-refractivity contribution is -0.122. The van der Waals surface area contributed by atoms with Crippen LogP contribution in [0.4, 0.5) is 0 Å². The SMILES string of the molecule is CCOP(=O)(OCC)[C@H](CC)NC(=O)[C@@H](C)c1ccc2cc(OC)ccc2c1. The van der Waals surface area contributed by atoms with Crippen LogP contribution in [-0.4, -0.2) is 32.0 Å². The largest absolute Gasteiger partial charge is 0.497 e. The van der Waals surface area contributed by atoms with Gasteiger partial charge in [-0.3, -0.25) is 9.36 Å². The molecule has 7 heteroatoms. The van der Waals surface area contributed by atoms with Crippen molar-refractivity contribution in [1.82, 2.24) is 5.32 Å². The lowest BCUT2D eigenvalue weighted by Gasteiger charge is -2.27. The fourth-order valence-electron chi connectivity index (χ4n) is 3.06. The number of methoxy groups -OCH3 is 1. The number of hydrogen-bond donors (Lipinski definition) is 1. The summed E-state index contributed by atoms with van der Waals surface area (Å²) in [6, 6.07) is 11.7. The van der Waals surface area contributed by atoms with Crippen molar-refractivity contribution in [2.75, 3.05) is 20.3 Å². The molecular weight excluding hydrogens is 377 g/mol. The summed E-state index contributed by atoms with van der Waals surface area (Å²) < 4.78 is 29.0. The van der Waals surface area contributed by atoms with Crippen LogP contribution in [0.25, 0.3) is 10.8 Å². The molecule has 0 spiro atoms. The van der Waals surface area contributed by atoms with E-state index < -0.39 is 19.3 Å². The molecule has 1 amide bonds. The van der Waals surface area contributed by atoms with Gasteiger partial charge in [0.2, 0.25) is 5.91 Å². The smallest absolute Gasteiger partial charge is 0.352 e. The summed E-state index contributed by atoms with van der Waals surface area (Å²) in [5.41, 5.74) is 0.882. The maximum Gasteiger partial charge on any atom is 0.352 e. The zero-order valence-corrected chi connectivity index (χ0v) is 18.1. The second-order valence-corrected chi connectivity index (χ2v) is 8.72. The first kappa shape index (κ1) is 22.4. The number of carbonyl (C=O) groups is 1. The highest BCUT2D eigenvalue weighted by atomic mass is 31.2. The Bertz CT molecular complexity index is 844. The Balaban J connectivity index is 2.20. The maximum atomic E-state index is 13.0. The second kappa shape index (κ2) is 10.1. The molecule has 2 atom stereocenters. The first-order valence-corrected chi connectivity index (χ1v) is 11.3. The van der Waals surface area contributed by atoms with Crippen LogP contribution in [0.3, 0.4) is 0 Å². The minimum Gasteiger partial charge on any atom is -0.497 e. The molecule has 2 rings (SSSR count). The molecule has 0 saturated carbocycles. The minimum absolute atomic E-state index is 0.209. The molecule has 28 heavy (non-hydrogen) atoms. The van der Waals surface area contributed by atoms with Crippen molar-refractivity contribution >= 4 is 24.3 Å². The molecule has 0 aliphatic carbocycles. The summed E-state index contributed by atoms with van der Waals surface area (Å²) in [4.78, 5) is 12.8. The van der Waals surface area contributed by atoms with E-state index in [-0.39, 0.29) is 19.1 Å². The van der Waals surface area contributed by atoms with E-state index in [9.17, 15) is 9.36 Å². The van der Waals surface area contributed by atoms with Crippen LogP contribution in [0.2, 0.25) is 0 Å². The van der Waals surface area contributed by atoms with Gasteiger partial charge in [-0.15, -0.1) is 0 Å². The third kappa shape index (κ3) is 5.13. The molecular formula is C21H30NO5P. The summed E-state index contributed by atoms with van der Waals surface area (Å²) in [6.45, 7) is 7.71. The molecule has 0 saturated heterocycles. The van der Waals surface area contributed by atoms with Crippen LogP contribution >= 0.6 is 7.60 Å². The molecule has 6 nitrogen and oxygen atoms in total. The zero-order chi connectivity index (χ0) is 20.7. The predicted octanol–water partition coefficient (Wildman–Crippen LogP) is 5.07. The molecule has 2 aromatic carbocycles. The molecule has 1 N–H and O–H groups in total. The van der Waals surface area contributed by atoms with Gasteiger partial charge >= 0.3 is 7.60 Å². The highest BCUT2D eigenvalue weighted by molar-refractivity contribution is 7.54. The van der Waals surface area contributed by atoms with Crippen molar-refractivity contribution in [1.29, 1.82) is 0 Å². The van der Waals surface area contributed by atoms with Gasteiger partial charge in [-0.2, -0.15) is 0 Å². The minimum atomic E-state index is -3.41. The fourth-order valence-corrected chi connectivity index (χ4v) is 4.95. The van der Waals surface area contributed by atoms with Gasteiger partial charge in [0.05, 0.1) is 26.2 Å². The molecule has 0 heterocycles. The van der Waals surface area contributed by atoms with E-state index in [2.05, 4.69) is 5.32 Å². The zero-order valence-electron chi connectivity index (χ0n) is 17.2. The van der Waals surface area contributed by atoms with E-state index >= 15 is 0 Å². The molecule has 0 fully saturated rings. The van der Waals surface area contributed by atoms with E-state index in [0.29, 0.717) is 6.42 Å². The quantitative estimate of drug-likeness (QED) is 0.557. The van der Waals surface area contributed by atoms with Gasteiger partial charge < -0.3 is 19.1 Å². The molecule has 0 aliphatic rings. The highest BCUT2D eigenvalue weighted by Crippen LogP contribution is 2.53. The summed E-state index contributed by atoms with van der Waals surface area (Å²) >= 11 is 0. The van der Waals surface area contributed by atoms with Gasteiger partial charge in [0.15, 0.2) is 0 Å². The van der Waals surface area contributed by atoms with Crippen molar-refractivity contribution < 1.29 is 23.1 Å². The number of fused-ring (bicyclic) bond motifs is 1. The third-order valence-corrected chi connectivity index (χ3v) is 7.15. The Morgan fingerprint density at radius 1 is 1.04 bits per heavy atom. The Kier molecular flexibility index (Phi) is 8.05. The van der Waals surface area contributed by atoms with Crippen LogP contribution in [0.1, 0.15) is 45.6 Å². The van der Waals surface area contributed by atoms with Gasteiger partial charge in [-0.05, 0) is 55.7 Å². The number of hydrogen-bond acceptors (Lipinski definition) is 5. The van der Waals surface area contributed by atoms with E-state index in [1.165, 1.54) is 0 Å². The number of amides is 1. The molecule has 0 radical (unpaired) electrons. The standard InChI is InChI=1S/C21H30NO5P/c1-6-20(28(24,26-7-2)27-8-3)22-21(23)15(4)16-9-10-18-14-19(25-5)12-11-17(18)13-16/h9-15,20H,6-8H2,1-5H3,(H,22,23)/t15-,20+/m0/s1. The van der Waals surface area contributed by atoms with Gasteiger partial charge in [-0.25, -0.2) is 0 Å². The molecule has 0 aromatic heterocycles. The second-order valence-electron chi connectivity index (χ2n) is 6.50. The Morgan fingerprint density at radius 3 is 2.21 bits per heavy atom. The third-order valence-electron chi connectivity index (χ3n) is 4.66. The number of rotatable bonds is 10. The van der Waals surface area contributed by atoms with Gasteiger partial charge in [0, 0.05) is 0 Å². The Hall–Kier alpha value is -1.88. The van der Waals surface area contributed by atoms with Gasteiger partial charge in [0.1, 0.15) is 11.5 Å². The lowest BCUT2D eigenvalue weighted by atomic mass is 9.97. The molecule has 0 unspecified atom stereocenters. The first-order valence-electron chi connectivity index (χ1n) is 9.65. The predicted molar refractivity (Wildman–Crippen MR) is 112 cm³/mol. The van der Waals surface area contributed by atoms with Crippen LogP contribution in [0.5, 0.6) is 5.75 Å². The molecule has 0 aliphatic heterocycles. The number of nitrogens with one attached hydrogen (secondary N) is 1. The monoisotopic (exact) mass is 407 g/mol. The fraction of sp³-hybridized carbons (Fsp3) is 0.476. The van der Waals surface area contributed by atoms with Crippen molar-refractivity contribution in [2.45, 2.75) is 45.8 Å². The summed E-state index contributed by atoms with van der Waals surface area (Å²) in [5, 5.41) is 4.94. The van der Waals surface area contributed by atoms with Crippen molar-refractivity contribution in [3.8, 4) is 5.75 Å². The Morgan fingerprint density at radius 2 is 1.64 bits per heavy atom. The van der Waals surface area contributed by atoms with E-state index in [0.717, 1.165) is 22.1 Å².